The van der Waals surface area contributed by atoms with Crippen molar-refractivity contribution in [2.24, 2.45) is 7.05 Å². The molecule has 2 N–H and O–H groups in total. The first-order chi connectivity index (χ1) is 8.92. The van der Waals surface area contributed by atoms with Crippen molar-refractivity contribution in [2.75, 3.05) is 6.61 Å². The Morgan fingerprint density at radius 2 is 2.11 bits per heavy atom. The lowest BCUT2D eigenvalue weighted by Crippen LogP contribution is -2.40. The number of aryl methyl sites for hydroxylation is 2. The number of aliphatic hydroxyl groups is 1. The zero-order valence-corrected chi connectivity index (χ0v) is 11.9. The Morgan fingerprint density at radius 3 is 2.63 bits per heavy atom. The molecule has 0 aliphatic carbocycles. The highest BCUT2D eigenvalue weighted by Crippen LogP contribution is 2.07. The van der Waals surface area contributed by atoms with Gasteiger partial charge in [0.1, 0.15) is 5.56 Å². The number of nitrogens with zero attached hydrogens (tertiary/aromatic N) is 2. The summed E-state index contributed by atoms with van der Waals surface area (Å²) in [5.41, 5.74) is 0.979. The van der Waals surface area contributed by atoms with Crippen LogP contribution in [0.5, 0.6) is 0 Å². The van der Waals surface area contributed by atoms with Gasteiger partial charge in [-0.1, -0.05) is 6.92 Å². The molecule has 1 aromatic rings. The van der Waals surface area contributed by atoms with Gasteiger partial charge in [-0.15, -0.1) is 0 Å². The predicted molar refractivity (Wildman–Crippen MR) is 72.2 cm³/mol. The van der Waals surface area contributed by atoms with E-state index >= 15 is 0 Å². The molecule has 106 valence electrons. The van der Waals surface area contributed by atoms with Gasteiger partial charge in [-0.2, -0.15) is 5.10 Å². The van der Waals surface area contributed by atoms with E-state index in [9.17, 15) is 9.59 Å². The van der Waals surface area contributed by atoms with Crippen LogP contribution in [0, 0.1) is 13.8 Å². The number of aliphatic hydroxyl groups excluding tert-OH is 1. The molecule has 0 radical (unpaired) electrons. The predicted octanol–water partition coefficient (Wildman–Crippen LogP) is 0.288. The molecular weight excluding hydrogens is 246 g/mol. The van der Waals surface area contributed by atoms with Crippen LogP contribution in [0.4, 0.5) is 0 Å². The third kappa shape index (κ3) is 3.41. The second kappa shape index (κ2) is 6.47. The molecule has 1 amide bonds. The molecule has 0 saturated carbocycles. The zero-order chi connectivity index (χ0) is 14.6. The van der Waals surface area contributed by atoms with Gasteiger partial charge in [-0.05, 0) is 32.3 Å². The smallest absolute Gasteiger partial charge is 0.279 e. The minimum atomic E-state index is -0.403. The number of amides is 1. The van der Waals surface area contributed by atoms with Crippen LogP contribution in [0.1, 0.15) is 41.4 Å². The molecule has 0 saturated heterocycles. The zero-order valence-electron chi connectivity index (χ0n) is 11.9. The molecule has 1 aromatic heterocycles. The molecule has 19 heavy (non-hydrogen) atoms. The molecule has 1 atom stereocenters. The SMILES string of the molecule is CCC(CCO)NC(=O)c1c(C)c(C)nn(C)c1=O. The number of nitrogens with one attached hydrogen (secondary N) is 1. The summed E-state index contributed by atoms with van der Waals surface area (Å²) >= 11 is 0. The van der Waals surface area contributed by atoms with E-state index in [0.29, 0.717) is 24.1 Å². The Balaban J connectivity index is 3.10. The third-order valence-electron chi connectivity index (χ3n) is 3.26. The molecule has 0 bridgehead atoms. The van der Waals surface area contributed by atoms with Crippen molar-refractivity contribution < 1.29 is 9.90 Å². The second-order valence-electron chi connectivity index (χ2n) is 4.61. The first kappa shape index (κ1) is 15.4. The Bertz CT molecular complexity index is 523. The molecule has 6 heteroatoms. The summed E-state index contributed by atoms with van der Waals surface area (Å²) in [5.74, 6) is -0.399. The van der Waals surface area contributed by atoms with Crippen molar-refractivity contribution in [3.8, 4) is 0 Å². The van der Waals surface area contributed by atoms with Crippen LogP contribution in [-0.2, 0) is 7.05 Å². The number of aromatic nitrogens is 2. The maximum atomic E-state index is 12.2. The highest BCUT2D eigenvalue weighted by atomic mass is 16.3. The van der Waals surface area contributed by atoms with Gasteiger partial charge in [-0.25, -0.2) is 4.68 Å². The first-order valence-electron chi connectivity index (χ1n) is 6.38. The summed E-state index contributed by atoms with van der Waals surface area (Å²) in [5, 5.41) is 15.7. The number of carbonyl (C=O) groups is 1. The van der Waals surface area contributed by atoms with Crippen molar-refractivity contribution in [1.82, 2.24) is 15.1 Å². The van der Waals surface area contributed by atoms with Crippen LogP contribution in [0.15, 0.2) is 4.79 Å². The van der Waals surface area contributed by atoms with Gasteiger partial charge in [0.25, 0.3) is 11.5 Å². The van der Waals surface area contributed by atoms with Crippen molar-refractivity contribution in [1.29, 1.82) is 0 Å². The average molecular weight is 267 g/mol. The van der Waals surface area contributed by atoms with Gasteiger partial charge in [-0.3, -0.25) is 9.59 Å². The molecule has 0 fully saturated rings. The largest absolute Gasteiger partial charge is 0.396 e. The van der Waals surface area contributed by atoms with Gasteiger partial charge < -0.3 is 10.4 Å². The fraction of sp³-hybridized carbons (Fsp3) is 0.615. The van der Waals surface area contributed by atoms with Gasteiger partial charge in [0, 0.05) is 19.7 Å². The van der Waals surface area contributed by atoms with Crippen molar-refractivity contribution in [3.05, 3.63) is 27.2 Å². The minimum absolute atomic E-state index is 0.00511. The molecular formula is C13H21N3O3. The van der Waals surface area contributed by atoms with E-state index in [4.69, 9.17) is 5.11 Å². The molecule has 0 aromatic carbocycles. The monoisotopic (exact) mass is 267 g/mol. The highest BCUT2D eigenvalue weighted by molar-refractivity contribution is 5.95. The lowest BCUT2D eigenvalue weighted by atomic mass is 10.1. The Labute approximate surface area is 112 Å². The van der Waals surface area contributed by atoms with Gasteiger partial charge in [0.05, 0.1) is 5.69 Å². The van der Waals surface area contributed by atoms with Gasteiger partial charge >= 0.3 is 0 Å². The number of hydrogen-bond donors (Lipinski definition) is 2. The fourth-order valence-electron chi connectivity index (χ4n) is 1.91. The molecule has 0 aliphatic heterocycles. The van der Waals surface area contributed by atoms with E-state index in [2.05, 4.69) is 10.4 Å². The Hall–Kier alpha value is -1.69. The lowest BCUT2D eigenvalue weighted by Gasteiger charge is -2.17. The number of hydrogen-bond acceptors (Lipinski definition) is 4. The summed E-state index contributed by atoms with van der Waals surface area (Å²) in [4.78, 5) is 24.2. The van der Waals surface area contributed by atoms with Crippen molar-refractivity contribution in [2.45, 2.75) is 39.7 Å². The van der Waals surface area contributed by atoms with E-state index < -0.39 is 11.5 Å². The Morgan fingerprint density at radius 1 is 1.47 bits per heavy atom. The summed E-state index contributed by atoms with van der Waals surface area (Å²) in [7, 11) is 1.52. The fourth-order valence-corrected chi connectivity index (χ4v) is 1.91. The van der Waals surface area contributed by atoms with E-state index in [-0.39, 0.29) is 18.2 Å². The van der Waals surface area contributed by atoms with Crippen LogP contribution < -0.4 is 10.9 Å². The van der Waals surface area contributed by atoms with Crippen LogP contribution in [0.2, 0.25) is 0 Å². The Kier molecular flexibility index (Phi) is 5.23. The van der Waals surface area contributed by atoms with E-state index in [0.717, 1.165) is 0 Å². The van der Waals surface area contributed by atoms with Crippen LogP contribution in [-0.4, -0.2) is 33.4 Å². The maximum absolute atomic E-state index is 12.2. The molecule has 1 heterocycles. The van der Waals surface area contributed by atoms with E-state index in [1.807, 2.05) is 6.92 Å². The lowest BCUT2D eigenvalue weighted by molar-refractivity contribution is 0.0925. The van der Waals surface area contributed by atoms with Gasteiger partial charge in [0.15, 0.2) is 0 Å². The molecule has 1 unspecified atom stereocenters. The quantitative estimate of drug-likeness (QED) is 0.803. The minimum Gasteiger partial charge on any atom is -0.396 e. The standard InChI is InChI=1S/C13H21N3O3/c1-5-10(6-7-17)14-12(18)11-8(2)9(3)15-16(4)13(11)19/h10,17H,5-7H2,1-4H3,(H,14,18). The second-order valence-corrected chi connectivity index (χ2v) is 4.61. The van der Waals surface area contributed by atoms with Crippen LogP contribution in [0.25, 0.3) is 0 Å². The highest BCUT2D eigenvalue weighted by Gasteiger charge is 2.19. The summed E-state index contributed by atoms with van der Waals surface area (Å²) < 4.78 is 1.17. The van der Waals surface area contributed by atoms with E-state index in [1.165, 1.54) is 11.7 Å². The molecule has 6 nitrogen and oxygen atoms in total. The van der Waals surface area contributed by atoms with E-state index in [1.54, 1.807) is 13.8 Å². The number of carbonyl (C=O) groups excluding carboxylic acids is 1. The summed E-state index contributed by atoms with van der Waals surface area (Å²) in [6.07, 6.45) is 1.18. The normalized spacial score (nSPS) is 12.3. The third-order valence-corrected chi connectivity index (χ3v) is 3.26. The molecule has 0 aliphatic rings. The van der Waals surface area contributed by atoms with Crippen LogP contribution >= 0.6 is 0 Å². The summed E-state index contributed by atoms with van der Waals surface area (Å²) in [6.45, 7) is 5.40. The summed E-state index contributed by atoms with van der Waals surface area (Å²) in [6, 6.07) is -0.130. The van der Waals surface area contributed by atoms with Gasteiger partial charge in [0.2, 0.25) is 0 Å². The van der Waals surface area contributed by atoms with Crippen molar-refractivity contribution in [3.63, 3.8) is 0 Å². The topological polar surface area (TPSA) is 84.2 Å². The number of rotatable bonds is 5. The molecule has 0 spiro atoms. The molecule has 1 rings (SSSR count). The average Bonchev–Trinajstić information content (AvgIpc) is 2.36. The van der Waals surface area contributed by atoms with Crippen molar-refractivity contribution >= 4 is 5.91 Å². The first-order valence-corrected chi connectivity index (χ1v) is 6.38. The maximum Gasteiger partial charge on any atom is 0.279 e. The van der Waals surface area contributed by atoms with Crippen LogP contribution in [0.3, 0.4) is 0 Å².